The van der Waals surface area contributed by atoms with Crippen molar-refractivity contribution in [2.24, 2.45) is 0 Å². The highest BCUT2D eigenvalue weighted by atomic mass is 16.3. The Labute approximate surface area is 135 Å². The van der Waals surface area contributed by atoms with Crippen LogP contribution in [0.25, 0.3) is 0 Å². The third-order valence-electron chi connectivity index (χ3n) is 4.17. The molecular formula is C17H20N4O2. The van der Waals surface area contributed by atoms with Crippen molar-refractivity contribution < 1.29 is 9.90 Å². The molecule has 0 radical (unpaired) electrons. The zero-order valence-electron chi connectivity index (χ0n) is 12.9. The average molecular weight is 312 g/mol. The molecule has 0 aliphatic heterocycles. The van der Waals surface area contributed by atoms with Gasteiger partial charge in [-0.05, 0) is 36.6 Å². The lowest BCUT2D eigenvalue weighted by molar-refractivity contribution is 0.0910. The first-order valence-corrected chi connectivity index (χ1v) is 7.93. The molecule has 1 aliphatic rings. The zero-order chi connectivity index (χ0) is 16.1. The van der Waals surface area contributed by atoms with Crippen molar-refractivity contribution in [1.29, 1.82) is 0 Å². The van der Waals surface area contributed by atoms with Crippen LogP contribution in [0.5, 0.6) is 0 Å². The topological polar surface area (TPSA) is 88.0 Å². The van der Waals surface area contributed by atoms with Crippen LogP contribution in [0, 0.1) is 0 Å². The summed E-state index contributed by atoms with van der Waals surface area (Å²) in [6, 6.07) is 5.05. The summed E-state index contributed by atoms with van der Waals surface area (Å²) in [4.78, 5) is 24.8. The Morgan fingerprint density at radius 1 is 1.22 bits per heavy atom. The minimum Gasteiger partial charge on any atom is -0.387 e. The smallest absolute Gasteiger partial charge is 0.270 e. The van der Waals surface area contributed by atoms with Crippen molar-refractivity contribution >= 4 is 5.91 Å². The molecule has 3 rings (SSSR count). The molecule has 6 nitrogen and oxygen atoms in total. The molecule has 1 saturated carbocycles. The molecule has 2 aromatic heterocycles. The van der Waals surface area contributed by atoms with Crippen LogP contribution in [-0.2, 0) is 0 Å². The van der Waals surface area contributed by atoms with E-state index in [4.69, 9.17) is 0 Å². The molecule has 2 aromatic rings. The van der Waals surface area contributed by atoms with Gasteiger partial charge in [-0.25, -0.2) is 9.97 Å². The summed E-state index contributed by atoms with van der Waals surface area (Å²) >= 11 is 0. The second-order valence-corrected chi connectivity index (χ2v) is 5.79. The van der Waals surface area contributed by atoms with E-state index in [-0.39, 0.29) is 12.5 Å². The SMILES string of the molecule is O=C(NCC(O)c1ccncc1)c1ccnc(C2CCCC2)n1. The van der Waals surface area contributed by atoms with Crippen LogP contribution in [0.2, 0.25) is 0 Å². The van der Waals surface area contributed by atoms with Gasteiger partial charge in [0, 0.05) is 31.1 Å². The minimum absolute atomic E-state index is 0.131. The fourth-order valence-corrected chi connectivity index (χ4v) is 2.86. The summed E-state index contributed by atoms with van der Waals surface area (Å²) < 4.78 is 0. The molecule has 0 spiro atoms. The second-order valence-electron chi connectivity index (χ2n) is 5.79. The minimum atomic E-state index is -0.766. The zero-order valence-corrected chi connectivity index (χ0v) is 12.9. The number of nitrogens with one attached hydrogen (secondary N) is 1. The number of hydrogen-bond donors (Lipinski definition) is 2. The highest BCUT2D eigenvalue weighted by molar-refractivity contribution is 5.92. The van der Waals surface area contributed by atoms with E-state index < -0.39 is 6.10 Å². The van der Waals surface area contributed by atoms with Crippen LogP contribution >= 0.6 is 0 Å². The Bertz CT molecular complexity index is 657. The Hall–Kier alpha value is -2.34. The van der Waals surface area contributed by atoms with Gasteiger partial charge in [0.1, 0.15) is 11.5 Å². The Kier molecular flexibility index (Phi) is 4.92. The number of aliphatic hydroxyl groups excluding tert-OH is 1. The number of rotatable bonds is 5. The maximum absolute atomic E-state index is 12.2. The first-order valence-electron chi connectivity index (χ1n) is 7.93. The van der Waals surface area contributed by atoms with Crippen LogP contribution in [0.1, 0.15) is 59.6 Å². The van der Waals surface area contributed by atoms with E-state index in [2.05, 4.69) is 20.3 Å². The van der Waals surface area contributed by atoms with Gasteiger partial charge in [-0.3, -0.25) is 9.78 Å². The largest absolute Gasteiger partial charge is 0.387 e. The second kappa shape index (κ2) is 7.28. The van der Waals surface area contributed by atoms with Gasteiger partial charge in [-0.1, -0.05) is 12.8 Å². The molecule has 1 amide bonds. The quantitative estimate of drug-likeness (QED) is 0.881. The van der Waals surface area contributed by atoms with E-state index in [0.717, 1.165) is 24.2 Å². The number of aliphatic hydroxyl groups is 1. The first kappa shape index (κ1) is 15.6. The van der Waals surface area contributed by atoms with E-state index in [1.807, 2.05) is 0 Å². The number of pyridine rings is 1. The van der Waals surface area contributed by atoms with Gasteiger partial charge in [0.25, 0.3) is 5.91 Å². The van der Waals surface area contributed by atoms with Crippen molar-refractivity contribution in [3.8, 4) is 0 Å². The molecule has 2 N–H and O–H groups in total. The lowest BCUT2D eigenvalue weighted by Gasteiger charge is -2.12. The number of carbonyl (C=O) groups excluding carboxylic acids is 1. The molecule has 2 heterocycles. The predicted octanol–water partition coefficient (Wildman–Crippen LogP) is 1.99. The van der Waals surface area contributed by atoms with Crippen molar-refractivity contribution in [3.05, 3.63) is 53.9 Å². The van der Waals surface area contributed by atoms with Gasteiger partial charge >= 0.3 is 0 Å². The third-order valence-corrected chi connectivity index (χ3v) is 4.17. The maximum atomic E-state index is 12.2. The summed E-state index contributed by atoms with van der Waals surface area (Å²) in [5.41, 5.74) is 1.07. The normalized spacial score (nSPS) is 16.2. The molecule has 0 saturated heterocycles. The van der Waals surface area contributed by atoms with Crippen molar-refractivity contribution in [1.82, 2.24) is 20.3 Å². The molecule has 1 fully saturated rings. The number of amides is 1. The van der Waals surface area contributed by atoms with Crippen molar-refractivity contribution in [2.45, 2.75) is 37.7 Å². The lowest BCUT2D eigenvalue weighted by Crippen LogP contribution is -2.29. The standard InChI is InChI=1S/C17H20N4O2/c22-15(12-5-8-18-9-6-12)11-20-17(23)14-7-10-19-16(21-14)13-3-1-2-4-13/h5-10,13,15,22H,1-4,11H2,(H,20,23). The molecule has 1 atom stereocenters. The number of nitrogens with zero attached hydrogens (tertiary/aromatic N) is 3. The van der Waals surface area contributed by atoms with Gasteiger partial charge in [0.15, 0.2) is 0 Å². The molecular weight excluding hydrogens is 292 g/mol. The van der Waals surface area contributed by atoms with E-state index in [1.54, 1.807) is 36.8 Å². The van der Waals surface area contributed by atoms with Crippen LogP contribution in [0.3, 0.4) is 0 Å². The average Bonchev–Trinajstić information content (AvgIpc) is 3.15. The maximum Gasteiger partial charge on any atom is 0.270 e. The van der Waals surface area contributed by atoms with E-state index in [9.17, 15) is 9.90 Å². The fourth-order valence-electron chi connectivity index (χ4n) is 2.86. The van der Waals surface area contributed by atoms with Crippen LogP contribution in [0.15, 0.2) is 36.8 Å². The van der Waals surface area contributed by atoms with Crippen LogP contribution in [-0.4, -0.2) is 32.5 Å². The van der Waals surface area contributed by atoms with Crippen molar-refractivity contribution in [3.63, 3.8) is 0 Å². The molecule has 120 valence electrons. The van der Waals surface area contributed by atoms with Gasteiger partial charge < -0.3 is 10.4 Å². The van der Waals surface area contributed by atoms with Crippen LogP contribution < -0.4 is 5.32 Å². The van der Waals surface area contributed by atoms with Gasteiger partial charge in [-0.2, -0.15) is 0 Å². The molecule has 1 aliphatic carbocycles. The van der Waals surface area contributed by atoms with Gasteiger partial charge in [-0.15, -0.1) is 0 Å². The van der Waals surface area contributed by atoms with Crippen LogP contribution in [0.4, 0.5) is 0 Å². The van der Waals surface area contributed by atoms with E-state index in [1.165, 1.54) is 12.8 Å². The summed E-state index contributed by atoms with van der Waals surface area (Å²) in [7, 11) is 0. The van der Waals surface area contributed by atoms with Crippen molar-refractivity contribution in [2.75, 3.05) is 6.54 Å². The third kappa shape index (κ3) is 3.90. The first-order chi connectivity index (χ1) is 11.2. The number of carbonyl (C=O) groups is 1. The van der Waals surface area contributed by atoms with Gasteiger partial charge in [0.05, 0.1) is 6.10 Å². The summed E-state index contributed by atoms with van der Waals surface area (Å²) in [5, 5.41) is 12.8. The highest BCUT2D eigenvalue weighted by Gasteiger charge is 2.21. The Balaban J connectivity index is 1.61. The highest BCUT2D eigenvalue weighted by Crippen LogP contribution is 2.31. The summed E-state index contributed by atoms with van der Waals surface area (Å²) in [6.45, 7) is 0.131. The summed E-state index contributed by atoms with van der Waals surface area (Å²) in [6.07, 6.45) is 8.66. The fraction of sp³-hybridized carbons (Fsp3) is 0.412. The van der Waals surface area contributed by atoms with E-state index >= 15 is 0 Å². The van der Waals surface area contributed by atoms with E-state index in [0.29, 0.717) is 11.6 Å². The Morgan fingerprint density at radius 2 is 1.96 bits per heavy atom. The Morgan fingerprint density at radius 3 is 2.70 bits per heavy atom. The molecule has 23 heavy (non-hydrogen) atoms. The molecule has 6 heteroatoms. The van der Waals surface area contributed by atoms with Gasteiger partial charge in [0.2, 0.25) is 0 Å². The lowest BCUT2D eigenvalue weighted by atomic mass is 10.1. The number of aromatic nitrogens is 3. The molecule has 0 bridgehead atoms. The molecule has 1 unspecified atom stereocenters. The predicted molar refractivity (Wildman–Crippen MR) is 84.8 cm³/mol. The monoisotopic (exact) mass is 312 g/mol. The number of hydrogen-bond acceptors (Lipinski definition) is 5. The summed E-state index contributed by atoms with van der Waals surface area (Å²) in [5.74, 6) is 0.828. The molecule has 0 aromatic carbocycles.